The first-order chi connectivity index (χ1) is 8.84. The van der Waals surface area contributed by atoms with Crippen LogP contribution >= 0.6 is 0 Å². The third kappa shape index (κ3) is 2.43. The monoisotopic (exact) mass is 283 g/mol. The Morgan fingerprint density at radius 1 is 1.42 bits per heavy atom. The topological polar surface area (TPSA) is 106 Å². The Kier molecular flexibility index (Phi) is 3.51. The van der Waals surface area contributed by atoms with Crippen molar-refractivity contribution in [1.29, 1.82) is 0 Å². The summed E-state index contributed by atoms with van der Waals surface area (Å²) in [5, 5.41) is 0. The second-order valence-electron chi connectivity index (χ2n) is 4.69. The lowest BCUT2D eigenvalue weighted by Gasteiger charge is -2.22. The van der Waals surface area contributed by atoms with E-state index in [4.69, 9.17) is 11.5 Å². The van der Waals surface area contributed by atoms with E-state index in [1.165, 1.54) is 16.4 Å². The maximum absolute atomic E-state index is 12.5. The lowest BCUT2D eigenvalue weighted by Crippen LogP contribution is -2.43. The Morgan fingerprint density at radius 3 is 2.68 bits per heavy atom. The summed E-state index contributed by atoms with van der Waals surface area (Å²) in [6.45, 7) is 2.06. The predicted octanol–water partition coefficient (Wildman–Crippen LogP) is 0.216. The highest BCUT2D eigenvalue weighted by atomic mass is 32.2. The van der Waals surface area contributed by atoms with Gasteiger partial charge in [-0.25, -0.2) is 8.42 Å². The van der Waals surface area contributed by atoms with Crippen LogP contribution in [-0.2, 0) is 14.8 Å². The number of carbonyl (C=O) groups is 1. The van der Waals surface area contributed by atoms with Crippen molar-refractivity contribution in [2.45, 2.75) is 30.7 Å². The Morgan fingerprint density at radius 2 is 2.11 bits per heavy atom. The number of primary amides is 1. The number of nitrogens with two attached hydrogens (primary N) is 2. The van der Waals surface area contributed by atoms with E-state index in [2.05, 4.69) is 0 Å². The lowest BCUT2D eigenvalue weighted by atomic mass is 10.2. The van der Waals surface area contributed by atoms with Gasteiger partial charge in [0.2, 0.25) is 15.9 Å². The molecule has 0 spiro atoms. The van der Waals surface area contributed by atoms with Crippen LogP contribution in [0.25, 0.3) is 0 Å². The Balaban J connectivity index is 2.42. The van der Waals surface area contributed by atoms with Crippen LogP contribution in [0.2, 0.25) is 0 Å². The predicted molar refractivity (Wildman–Crippen MR) is 71.7 cm³/mol. The fraction of sp³-hybridized carbons (Fsp3) is 0.417. The van der Waals surface area contributed by atoms with E-state index in [-0.39, 0.29) is 4.90 Å². The maximum Gasteiger partial charge on any atom is 0.243 e. The summed E-state index contributed by atoms with van der Waals surface area (Å²) in [5.74, 6) is -0.603. The van der Waals surface area contributed by atoms with E-state index in [9.17, 15) is 13.2 Å². The minimum atomic E-state index is -3.70. The van der Waals surface area contributed by atoms with Gasteiger partial charge in [-0.3, -0.25) is 4.79 Å². The summed E-state index contributed by atoms with van der Waals surface area (Å²) < 4.78 is 26.2. The smallest absolute Gasteiger partial charge is 0.243 e. The van der Waals surface area contributed by atoms with Gasteiger partial charge in [-0.05, 0) is 43.5 Å². The van der Waals surface area contributed by atoms with Crippen LogP contribution < -0.4 is 11.5 Å². The Labute approximate surface area is 112 Å². The molecule has 1 aromatic carbocycles. The Bertz CT molecular complexity index is 613. The molecule has 1 aliphatic heterocycles. The van der Waals surface area contributed by atoms with Crippen LogP contribution in [0.15, 0.2) is 23.1 Å². The van der Waals surface area contributed by atoms with Crippen LogP contribution in [0.1, 0.15) is 18.4 Å². The summed E-state index contributed by atoms with van der Waals surface area (Å²) in [6.07, 6.45) is 1.11. The van der Waals surface area contributed by atoms with Gasteiger partial charge in [0, 0.05) is 12.2 Å². The molecular formula is C12H17N3O3S. The van der Waals surface area contributed by atoms with Crippen molar-refractivity contribution in [2.24, 2.45) is 5.73 Å². The molecule has 104 valence electrons. The van der Waals surface area contributed by atoms with Crippen molar-refractivity contribution in [3.8, 4) is 0 Å². The maximum atomic E-state index is 12.5. The standard InChI is InChI=1S/C12H17N3O3S/c1-8-7-9(4-5-10(8)13)19(17,18)15-6-2-3-11(15)12(14)16/h4-5,7,11H,2-3,6,13H2,1H3,(H2,14,16). The van der Waals surface area contributed by atoms with Gasteiger partial charge < -0.3 is 11.5 Å². The fourth-order valence-electron chi connectivity index (χ4n) is 2.26. The van der Waals surface area contributed by atoms with Gasteiger partial charge in [0.15, 0.2) is 0 Å². The molecule has 1 amide bonds. The van der Waals surface area contributed by atoms with Gasteiger partial charge >= 0.3 is 0 Å². The van der Waals surface area contributed by atoms with E-state index in [1.807, 2.05) is 0 Å². The average Bonchev–Trinajstić information content (AvgIpc) is 2.82. The molecule has 0 saturated carbocycles. The molecule has 0 aliphatic carbocycles. The normalized spacial score (nSPS) is 20.6. The van der Waals surface area contributed by atoms with E-state index >= 15 is 0 Å². The van der Waals surface area contributed by atoms with Gasteiger partial charge in [-0.1, -0.05) is 0 Å². The van der Waals surface area contributed by atoms with E-state index in [1.54, 1.807) is 13.0 Å². The van der Waals surface area contributed by atoms with E-state index in [0.29, 0.717) is 30.6 Å². The number of amides is 1. The van der Waals surface area contributed by atoms with Crippen molar-refractivity contribution >= 4 is 21.6 Å². The van der Waals surface area contributed by atoms with Crippen molar-refractivity contribution < 1.29 is 13.2 Å². The summed E-state index contributed by atoms with van der Waals surface area (Å²) in [4.78, 5) is 11.5. The number of hydrogen-bond donors (Lipinski definition) is 2. The lowest BCUT2D eigenvalue weighted by molar-refractivity contribution is -0.121. The first kappa shape index (κ1) is 13.8. The van der Waals surface area contributed by atoms with Crippen LogP contribution in [0, 0.1) is 6.92 Å². The largest absolute Gasteiger partial charge is 0.399 e. The molecule has 1 aliphatic rings. The van der Waals surface area contributed by atoms with Crippen molar-refractivity contribution in [3.63, 3.8) is 0 Å². The third-order valence-corrected chi connectivity index (χ3v) is 5.28. The number of benzene rings is 1. The zero-order valence-corrected chi connectivity index (χ0v) is 11.5. The van der Waals surface area contributed by atoms with Gasteiger partial charge in [0.1, 0.15) is 6.04 Å². The SMILES string of the molecule is Cc1cc(S(=O)(=O)N2CCCC2C(N)=O)ccc1N. The first-order valence-corrected chi connectivity index (χ1v) is 7.45. The molecule has 1 aromatic rings. The minimum absolute atomic E-state index is 0.146. The van der Waals surface area contributed by atoms with Crippen molar-refractivity contribution in [2.75, 3.05) is 12.3 Å². The summed E-state index contributed by atoms with van der Waals surface area (Å²) in [7, 11) is -3.70. The number of hydrogen-bond acceptors (Lipinski definition) is 4. The number of nitrogens with zero attached hydrogens (tertiary/aromatic N) is 1. The summed E-state index contributed by atoms with van der Waals surface area (Å²) >= 11 is 0. The highest BCUT2D eigenvalue weighted by Gasteiger charge is 2.38. The Hall–Kier alpha value is -1.60. The molecule has 1 fully saturated rings. The number of carbonyl (C=O) groups excluding carboxylic acids is 1. The number of anilines is 1. The minimum Gasteiger partial charge on any atom is -0.399 e. The molecule has 2 rings (SSSR count). The van der Waals surface area contributed by atoms with Crippen LogP contribution in [0.5, 0.6) is 0 Å². The van der Waals surface area contributed by atoms with Crippen molar-refractivity contribution in [3.05, 3.63) is 23.8 Å². The number of aryl methyl sites for hydroxylation is 1. The van der Waals surface area contributed by atoms with E-state index in [0.717, 1.165) is 0 Å². The van der Waals surface area contributed by atoms with Crippen LogP contribution in [-0.4, -0.2) is 31.2 Å². The molecule has 19 heavy (non-hydrogen) atoms. The van der Waals surface area contributed by atoms with Gasteiger partial charge in [0.05, 0.1) is 4.90 Å². The highest BCUT2D eigenvalue weighted by Crippen LogP contribution is 2.27. The molecule has 1 heterocycles. The molecular weight excluding hydrogens is 266 g/mol. The number of rotatable bonds is 3. The van der Waals surface area contributed by atoms with Gasteiger partial charge in [-0.15, -0.1) is 0 Å². The summed E-state index contributed by atoms with van der Waals surface area (Å²) in [6, 6.07) is 3.77. The average molecular weight is 283 g/mol. The third-order valence-electron chi connectivity index (χ3n) is 3.38. The zero-order chi connectivity index (χ0) is 14.2. The second kappa shape index (κ2) is 4.82. The fourth-order valence-corrected chi connectivity index (χ4v) is 4.01. The van der Waals surface area contributed by atoms with Gasteiger partial charge in [0.25, 0.3) is 0 Å². The molecule has 0 aromatic heterocycles. The summed E-state index contributed by atoms with van der Waals surface area (Å²) in [5.41, 5.74) is 12.2. The molecule has 1 saturated heterocycles. The van der Waals surface area contributed by atoms with Crippen molar-refractivity contribution in [1.82, 2.24) is 4.31 Å². The second-order valence-corrected chi connectivity index (χ2v) is 6.59. The highest BCUT2D eigenvalue weighted by molar-refractivity contribution is 7.89. The van der Waals surface area contributed by atoms with E-state index < -0.39 is 22.0 Å². The molecule has 7 heteroatoms. The molecule has 4 N–H and O–H groups in total. The molecule has 0 bridgehead atoms. The molecule has 0 radical (unpaired) electrons. The van der Waals surface area contributed by atoms with Gasteiger partial charge in [-0.2, -0.15) is 4.31 Å². The molecule has 1 atom stereocenters. The van der Waals surface area contributed by atoms with Crippen LogP contribution in [0.4, 0.5) is 5.69 Å². The quantitative estimate of drug-likeness (QED) is 0.773. The first-order valence-electron chi connectivity index (χ1n) is 6.01. The van der Waals surface area contributed by atoms with Crippen LogP contribution in [0.3, 0.4) is 0 Å². The molecule has 1 unspecified atom stereocenters. The molecule has 6 nitrogen and oxygen atoms in total. The zero-order valence-electron chi connectivity index (χ0n) is 10.7. The number of sulfonamides is 1. The number of nitrogen functional groups attached to an aromatic ring is 1.